The Morgan fingerprint density at radius 3 is 3.00 bits per heavy atom. The summed E-state index contributed by atoms with van der Waals surface area (Å²) in [6.45, 7) is 0. The molecule has 0 saturated carbocycles. The topological polar surface area (TPSA) is 34.2 Å². The maximum atomic E-state index is 5.77. The normalized spacial score (nSPS) is 16.5. The Morgan fingerprint density at radius 2 is 2.10 bits per heavy atom. The van der Waals surface area contributed by atoms with Gasteiger partial charge in [0.1, 0.15) is 11.5 Å². The number of ether oxygens (including phenoxy) is 2. The lowest BCUT2D eigenvalue weighted by Gasteiger charge is -2.22. The average molecular weight is 277 g/mol. The highest BCUT2D eigenvalue weighted by Gasteiger charge is 2.22. The van der Waals surface area contributed by atoms with Gasteiger partial charge < -0.3 is 14.5 Å². The maximum Gasteiger partial charge on any atom is 0.139 e. The molecular formula is C18H15NO2. The second kappa shape index (κ2) is 4.70. The van der Waals surface area contributed by atoms with E-state index < -0.39 is 0 Å². The van der Waals surface area contributed by atoms with Gasteiger partial charge in [-0.1, -0.05) is 18.2 Å². The molecule has 3 heteroatoms. The summed E-state index contributed by atoms with van der Waals surface area (Å²) < 4.78 is 11.1. The smallest absolute Gasteiger partial charge is 0.139 e. The molecule has 0 spiro atoms. The third-order valence-electron chi connectivity index (χ3n) is 3.96. The predicted octanol–water partition coefficient (Wildman–Crippen LogP) is 4.21. The van der Waals surface area contributed by atoms with E-state index in [-0.39, 0.29) is 5.92 Å². The van der Waals surface area contributed by atoms with Crippen LogP contribution in [-0.2, 0) is 0 Å². The molecule has 2 heterocycles. The number of methoxy groups -OCH3 is 1. The highest BCUT2D eigenvalue weighted by molar-refractivity contribution is 5.88. The minimum absolute atomic E-state index is 0.183. The van der Waals surface area contributed by atoms with Crippen LogP contribution in [0.15, 0.2) is 61.0 Å². The lowest BCUT2D eigenvalue weighted by Crippen LogP contribution is -2.06. The zero-order valence-electron chi connectivity index (χ0n) is 11.7. The Morgan fingerprint density at radius 1 is 1.14 bits per heavy atom. The van der Waals surface area contributed by atoms with Gasteiger partial charge in [-0.05, 0) is 35.9 Å². The Bertz CT molecular complexity index is 832. The Kier molecular flexibility index (Phi) is 2.71. The van der Waals surface area contributed by atoms with Crippen LogP contribution in [0.2, 0.25) is 0 Å². The molecule has 3 aromatic rings. The van der Waals surface area contributed by atoms with Gasteiger partial charge in [-0.25, -0.2) is 0 Å². The van der Waals surface area contributed by atoms with Crippen LogP contribution in [0, 0.1) is 0 Å². The van der Waals surface area contributed by atoms with Crippen molar-refractivity contribution in [3.05, 3.63) is 72.1 Å². The highest BCUT2D eigenvalue weighted by Crippen LogP contribution is 2.41. The molecule has 1 aliphatic heterocycles. The van der Waals surface area contributed by atoms with Crippen LogP contribution in [0.3, 0.4) is 0 Å². The molecule has 0 radical (unpaired) electrons. The largest absolute Gasteiger partial charge is 0.497 e. The first-order valence-corrected chi connectivity index (χ1v) is 6.94. The monoisotopic (exact) mass is 277 g/mol. The first-order valence-electron chi connectivity index (χ1n) is 6.94. The molecule has 0 saturated heterocycles. The summed E-state index contributed by atoms with van der Waals surface area (Å²) in [4.78, 5) is 3.22. The van der Waals surface area contributed by atoms with Gasteiger partial charge in [0.05, 0.1) is 13.4 Å². The quantitative estimate of drug-likeness (QED) is 0.761. The Hall–Kier alpha value is -2.68. The first-order chi connectivity index (χ1) is 10.4. The third kappa shape index (κ3) is 1.89. The van der Waals surface area contributed by atoms with Gasteiger partial charge in [-0.15, -0.1) is 0 Å². The molecular weight excluding hydrogens is 262 g/mol. The number of hydrogen-bond donors (Lipinski definition) is 1. The minimum Gasteiger partial charge on any atom is -0.497 e. The van der Waals surface area contributed by atoms with Crippen molar-refractivity contribution in [1.29, 1.82) is 0 Å². The minimum atomic E-state index is 0.183. The van der Waals surface area contributed by atoms with E-state index in [0.29, 0.717) is 0 Å². The first kappa shape index (κ1) is 12.1. The summed E-state index contributed by atoms with van der Waals surface area (Å²) in [6.07, 6.45) is 5.79. The number of rotatable bonds is 2. The maximum absolute atomic E-state index is 5.77. The van der Waals surface area contributed by atoms with Crippen LogP contribution < -0.4 is 9.47 Å². The molecule has 0 aliphatic carbocycles. The molecule has 2 aromatic carbocycles. The molecule has 1 atom stereocenters. The number of aromatic amines is 1. The molecule has 1 aliphatic rings. The summed E-state index contributed by atoms with van der Waals surface area (Å²) in [7, 11) is 1.69. The van der Waals surface area contributed by atoms with E-state index >= 15 is 0 Å². The van der Waals surface area contributed by atoms with Crippen LogP contribution in [0.5, 0.6) is 11.5 Å². The van der Waals surface area contributed by atoms with Crippen LogP contribution in [0.1, 0.15) is 17.0 Å². The van der Waals surface area contributed by atoms with E-state index in [2.05, 4.69) is 41.4 Å². The summed E-state index contributed by atoms with van der Waals surface area (Å²) in [5.74, 6) is 1.99. The number of nitrogens with one attached hydrogen (secondary N) is 1. The van der Waals surface area contributed by atoms with E-state index in [4.69, 9.17) is 9.47 Å². The van der Waals surface area contributed by atoms with E-state index in [1.54, 1.807) is 13.4 Å². The molecule has 3 nitrogen and oxygen atoms in total. The molecule has 1 unspecified atom stereocenters. The Labute approximate surface area is 122 Å². The van der Waals surface area contributed by atoms with Crippen molar-refractivity contribution in [2.75, 3.05) is 7.11 Å². The number of benzene rings is 2. The predicted molar refractivity (Wildman–Crippen MR) is 82.9 cm³/mol. The molecule has 104 valence electrons. The second-order valence-corrected chi connectivity index (χ2v) is 5.12. The van der Waals surface area contributed by atoms with Crippen molar-refractivity contribution in [1.82, 2.24) is 4.98 Å². The Balaban J connectivity index is 1.88. The van der Waals surface area contributed by atoms with Crippen molar-refractivity contribution in [3.8, 4) is 11.5 Å². The standard InChI is InChI=1S/C18H15NO2/c1-20-13-4-2-3-12(11-13)14-8-10-21-18-15(14)5-6-17-16(18)7-9-19-17/h2-11,14,19H,1H3. The lowest BCUT2D eigenvalue weighted by molar-refractivity contribution is 0.414. The highest BCUT2D eigenvalue weighted by atomic mass is 16.5. The fraction of sp³-hybridized carbons (Fsp3) is 0.111. The SMILES string of the molecule is COc1cccc(C2C=COc3c2ccc2[nH]ccc32)c1. The van der Waals surface area contributed by atoms with Gasteiger partial charge in [0.25, 0.3) is 0 Å². The number of aromatic nitrogens is 1. The van der Waals surface area contributed by atoms with Crippen LogP contribution >= 0.6 is 0 Å². The molecule has 0 fully saturated rings. The average Bonchev–Trinajstić information content (AvgIpc) is 3.03. The van der Waals surface area contributed by atoms with Gasteiger partial charge in [0, 0.05) is 28.6 Å². The summed E-state index contributed by atoms with van der Waals surface area (Å²) in [5.41, 5.74) is 3.47. The molecule has 21 heavy (non-hydrogen) atoms. The van der Waals surface area contributed by atoms with Gasteiger partial charge in [0.15, 0.2) is 0 Å². The van der Waals surface area contributed by atoms with Crippen molar-refractivity contribution < 1.29 is 9.47 Å². The van der Waals surface area contributed by atoms with Crippen LogP contribution in [0.25, 0.3) is 10.9 Å². The summed E-state index contributed by atoms with van der Waals surface area (Å²) in [5, 5.41) is 1.12. The lowest BCUT2D eigenvalue weighted by atomic mass is 9.88. The zero-order chi connectivity index (χ0) is 14.2. The van der Waals surface area contributed by atoms with Crippen LogP contribution in [0.4, 0.5) is 0 Å². The van der Waals surface area contributed by atoms with Gasteiger partial charge >= 0.3 is 0 Å². The van der Waals surface area contributed by atoms with Gasteiger partial charge in [0.2, 0.25) is 0 Å². The number of hydrogen-bond acceptors (Lipinski definition) is 2. The molecule has 4 rings (SSSR count). The van der Waals surface area contributed by atoms with Crippen molar-refractivity contribution in [3.63, 3.8) is 0 Å². The summed E-state index contributed by atoms with van der Waals surface area (Å²) in [6, 6.07) is 14.5. The van der Waals surface area contributed by atoms with E-state index in [1.807, 2.05) is 18.3 Å². The van der Waals surface area contributed by atoms with E-state index in [0.717, 1.165) is 22.4 Å². The summed E-state index contributed by atoms with van der Waals surface area (Å²) >= 11 is 0. The molecule has 1 aromatic heterocycles. The van der Waals surface area contributed by atoms with E-state index in [1.165, 1.54) is 11.1 Å². The van der Waals surface area contributed by atoms with Crippen molar-refractivity contribution in [2.24, 2.45) is 0 Å². The van der Waals surface area contributed by atoms with Crippen molar-refractivity contribution in [2.45, 2.75) is 5.92 Å². The fourth-order valence-corrected chi connectivity index (χ4v) is 2.91. The number of H-pyrrole nitrogens is 1. The zero-order valence-corrected chi connectivity index (χ0v) is 11.7. The van der Waals surface area contributed by atoms with Crippen molar-refractivity contribution >= 4 is 10.9 Å². The molecule has 0 bridgehead atoms. The van der Waals surface area contributed by atoms with Gasteiger partial charge in [-0.3, -0.25) is 0 Å². The van der Waals surface area contributed by atoms with Crippen LogP contribution in [-0.4, -0.2) is 12.1 Å². The number of allylic oxidation sites excluding steroid dienone is 1. The molecule has 1 N–H and O–H groups in total. The fourth-order valence-electron chi connectivity index (χ4n) is 2.91. The van der Waals surface area contributed by atoms with Gasteiger partial charge in [-0.2, -0.15) is 0 Å². The van der Waals surface area contributed by atoms with E-state index in [9.17, 15) is 0 Å². The second-order valence-electron chi connectivity index (χ2n) is 5.12. The molecule has 0 amide bonds. The number of fused-ring (bicyclic) bond motifs is 3. The third-order valence-corrected chi connectivity index (χ3v) is 3.96.